The number of para-hydroxylation sites is 1. The first-order chi connectivity index (χ1) is 13.2. The van der Waals surface area contributed by atoms with Gasteiger partial charge in [-0.3, -0.25) is 0 Å². The average Bonchev–Trinajstić information content (AvgIpc) is 3.41. The Morgan fingerprint density at radius 2 is 2.04 bits per heavy atom. The van der Waals surface area contributed by atoms with E-state index in [9.17, 15) is 4.79 Å². The number of carbonyl (C=O) groups excluding carboxylic acids is 1. The van der Waals surface area contributed by atoms with E-state index >= 15 is 0 Å². The van der Waals surface area contributed by atoms with Crippen molar-refractivity contribution in [1.82, 2.24) is 10.2 Å². The van der Waals surface area contributed by atoms with E-state index in [4.69, 9.17) is 18.3 Å². The van der Waals surface area contributed by atoms with Crippen LogP contribution in [-0.2, 0) is 16.1 Å². The summed E-state index contributed by atoms with van der Waals surface area (Å²) in [5.41, 5.74) is 1.25. The fourth-order valence-electron chi connectivity index (χ4n) is 2.71. The summed E-state index contributed by atoms with van der Waals surface area (Å²) < 4.78 is 22.0. The van der Waals surface area contributed by atoms with Crippen LogP contribution in [0.4, 0.5) is 0 Å². The number of aromatic nitrogens is 2. The van der Waals surface area contributed by atoms with Crippen LogP contribution in [0.25, 0.3) is 21.7 Å². The molecule has 0 bridgehead atoms. The number of thiophene rings is 1. The lowest BCUT2D eigenvalue weighted by atomic mass is 10.1. The first kappa shape index (κ1) is 17.4. The first-order valence-electron chi connectivity index (χ1n) is 8.25. The van der Waals surface area contributed by atoms with Crippen molar-refractivity contribution in [2.45, 2.75) is 19.6 Å². The Labute approximate surface area is 158 Å². The van der Waals surface area contributed by atoms with Gasteiger partial charge in [0.1, 0.15) is 5.58 Å². The van der Waals surface area contributed by atoms with E-state index in [1.54, 1.807) is 20.1 Å². The normalized spacial score (nSPS) is 12.4. The highest BCUT2D eigenvalue weighted by atomic mass is 32.1. The third-order valence-corrected chi connectivity index (χ3v) is 4.83. The summed E-state index contributed by atoms with van der Waals surface area (Å²) in [5.74, 6) is 0.118. The number of fused-ring (bicyclic) bond motifs is 1. The molecule has 4 rings (SSSR count). The van der Waals surface area contributed by atoms with Crippen molar-refractivity contribution in [2.75, 3.05) is 7.11 Å². The molecule has 0 spiro atoms. The van der Waals surface area contributed by atoms with Crippen LogP contribution in [0.2, 0.25) is 0 Å². The SMILES string of the molecule is COCc1c(C(=O)O[C@@H](C)c2nnc(-c3cccs3)o2)oc2ccccc12. The molecule has 0 radical (unpaired) electrons. The Hall–Kier alpha value is -2.97. The molecule has 1 aromatic carbocycles. The number of rotatable bonds is 6. The van der Waals surface area contributed by atoms with Crippen LogP contribution >= 0.6 is 11.3 Å². The van der Waals surface area contributed by atoms with Crippen molar-refractivity contribution >= 4 is 28.3 Å². The molecule has 3 heterocycles. The van der Waals surface area contributed by atoms with Crippen molar-refractivity contribution in [3.8, 4) is 10.8 Å². The molecule has 138 valence electrons. The topological polar surface area (TPSA) is 87.6 Å². The predicted molar refractivity (Wildman–Crippen MR) is 98.4 cm³/mol. The highest BCUT2D eigenvalue weighted by Gasteiger charge is 2.26. The number of methoxy groups -OCH3 is 1. The third kappa shape index (κ3) is 3.36. The smallest absolute Gasteiger partial charge is 0.375 e. The number of carbonyl (C=O) groups is 1. The molecule has 0 aliphatic rings. The minimum absolute atomic E-state index is 0.114. The van der Waals surface area contributed by atoms with Crippen LogP contribution in [0.5, 0.6) is 0 Å². The van der Waals surface area contributed by atoms with Gasteiger partial charge in [0.15, 0.2) is 6.10 Å². The maximum absolute atomic E-state index is 12.7. The zero-order valence-corrected chi connectivity index (χ0v) is 15.5. The summed E-state index contributed by atoms with van der Waals surface area (Å²) in [6.07, 6.45) is -0.720. The van der Waals surface area contributed by atoms with E-state index in [0.717, 1.165) is 10.3 Å². The lowest BCUT2D eigenvalue weighted by molar-refractivity contribution is 0.0241. The number of hydrogen-bond donors (Lipinski definition) is 0. The highest BCUT2D eigenvalue weighted by Crippen LogP contribution is 2.30. The standard InChI is InChI=1S/C19H16N2O5S/c1-11(17-20-21-18(26-17)15-8-5-9-27-15)24-19(22)16-13(10-23-2)12-6-3-4-7-14(12)25-16/h3-9,11H,10H2,1-2H3/t11-/m0/s1. The molecule has 0 aliphatic heterocycles. The number of nitrogens with zero attached hydrogens (tertiary/aromatic N) is 2. The Morgan fingerprint density at radius 1 is 1.19 bits per heavy atom. The van der Waals surface area contributed by atoms with Crippen LogP contribution in [0.1, 0.15) is 35.0 Å². The molecular weight excluding hydrogens is 368 g/mol. The van der Waals surface area contributed by atoms with Crippen molar-refractivity contribution in [3.63, 3.8) is 0 Å². The van der Waals surface area contributed by atoms with Crippen molar-refractivity contribution < 1.29 is 23.1 Å². The van der Waals surface area contributed by atoms with Gasteiger partial charge in [-0.15, -0.1) is 21.5 Å². The zero-order chi connectivity index (χ0) is 18.8. The summed E-state index contributed by atoms with van der Waals surface area (Å²) in [5, 5.41) is 10.7. The molecule has 0 saturated carbocycles. The molecule has 0 unspecified atom stereocenters. The van der Waals surface area contributed by atoms with Gasteiger partial charge >= 0.3 is 5.97 Å². The van der Waals surface area contributed by atoms with Crippen molar-refractivity contribution in [1.29, 1.82) is 0 Å². The number of furan rings is 1. The number of esters is 1. The summed E-state index contributed by atoms with van der Waals surface area (Å²) in [6.45, 7) is 1.90. The van der Waals surface area contributed by atoms with Gasteiger partial charge in [-0.05, 0) is 24.4 Å². The predicted octanol–water partition coefficient (Wildman–Crippen LogP) is 4.61. The van der Waals surface area contributed by atoms with Gasteiger partial charge in [-0.2, -0.15) is 0 Å². The van der Waals surface area contributed by atoms with Gasteiger partial charge in [0.25, 0.3) is 11.8 Å². The Balaban J connectivity index is 1.57. The van der Waals surface area contributed by atoms with Gasteiger partial charge in [0.05, 0.1) is 11.5 Å². The monoisotopic (exact) mass is 384 g/mol. The zero-order valence-electron chi connectivity index (χ0n) is 14.7. The average molecular weight is 384 g/mol. The molecule has 4 aromatic rings. The van der Waals surface area contributed by atoms with Crippen LogP contribution in [0, 0.1) is 0 Å². The number of benzene rings is 1. The quantitative estimate of drug-likeness (QED) is 0.449. The molecule has 0 amide bonds. The van der Waals surface area contributed by atoms with Crippen LogP contribution < -0.4 is 0 Å². The van der Waals surface area contributed by atoms with Crippen molar-refractivity contribution in [2.24, 2.45) is 0 Å². The molecule has 8 heteroatoms. The molecular formula is C19H16N2O5S. The minimum Gasteiger partial charge on any atom is -0.449 e. The lowest BCUT2D eigenvalue weighted by Gasteiger charge is -2.08. The van der Waals surface area contributed by atoms with E-state index in [0.29, 0.717) is 17.0 Å². The molecule has 0 aliphatic carbocycles. The van der Waals surface area contributed by atoms with Crippen LogP contribution in [0.3, 0.4) is 0 Å². The van der Waals surface area contributed by atoms with E-state index in [1.807, 2.05) is 35.7 Å². The van der Waals surface area contributed by atoms with Crippen LogP contribution in [-0.4, -0.2) is 23.3 Å². The maximum Gasteiger partial charge on any atom is 0.375 e. The van der Waals surface area contributed by atoms with Crippen molar-refractivity contribution in [3.05, 3.63) is 59.0 Å². The lowest BCUT2D eigenvalue weighted by Crippen LogP contribution is -2.11. The second-order valence-corrected chi connectivity index (χ2v) is 6.76. The molecule has 0 saturated heterocycles. The summed E-state index contributed by atoms with van der Waals surface area (Å²) in [7, 11) is 1.56. The summed E-state index contributed by atoms with van der Waals surface area (Å²) in [6, 6.07) is 11.2. The summed E-state index contributed by atoms with van der Waals surface area (Å²) in [4.78, 5) is 13.5. The Kier molecular flexibility index (Phi) is 4.74. The van der Waals surface area contributed by atoms with Crippen LogP contribution in [0.15, 0.2) is 50.6 Å². The van der Waals surface area contributed by atoms with Gasteiger partial charge in [0, 0.05) is 18.1 Å². The summed E-state index contributed by atoms with van der Waals surface area (Å²) >= 11 is 1.49. The minimum atomic E-state index is -0.720. The largest absolute Gasteiger partial charge is 0.449 e. The highest BCUT2D eigenvalue weighted by molar-refractivity contribution is 7.13. The fraction of sp³-hybridized carbons (Fsp3) is 0.211. The second-order valence-electron chi connectivity index (χ2n) is 5.81. The molecule has 3 aromatic heterocycles. The Morgan fingerprint density at radius 3 is 2.81 bits per heavy atom. The fourth-order valence-corrected chi connectivity index (χ4v) is 3.36. The van der Waals surface area contributed by atoms with E-state index < -0.39 is 12.1 Å². The van der Waals surface area contributed by atoms with Gasteiger partial charge in [0.2, 0.25) is 5.76 Å². The van der Waals surface area contributed by atoms with Gasteiger partial charge in [-0.1, -0.05) is 24.3 Å². The molecule has 7 nitrogen and oxygen atoms in total. The van der Waals surface area contributed by atoms with E-state index in [-0.39, 0.29) is 18.3 Å². The maximum atomic E-state index is 12.7. The van der Waals surface area contributed by atoms with E-state index in [1.165, 1.54) is 11.3 Å². The van der Waals surface area contributed by atoms with Gasteiger partial charge in [-0.25, -0.2) is 4.79 Å². The number of ether oxygens (including phenoxy) is 2. The number of hydrogen-bond acceptors (Lipinski definition) is 8. The molecule has 0 fully saturated rings. The molecule has 1 atom stereocenters. The Bertz CT molecular complexity index is 1070. The van der Waals surface area contributed by atoms with E-state index in [2.05, 4.69) is 10.2 Å². The second kappa shape index (κ2) is 7.34. The molecule has 27 heavy (non-hydrogen) atoms. The molecule has 0 N–H and O–H groups in total. The third-order valence-electron chi connectivity index (χ3n) is 3.98. The first-order valence-corrected chi connectivity index (χ1v) is 9.13. The van der Waals surface area contributed by atoms with Gasteiger partial charge < -0.3 is 18.3 Å².